The van der Waals surface area contributed by atoms with E-state index in [0.717, 1.165) is 12.2 Å². The molecule has 0 aliphatic carbocycles. The number of nitrogens with one attached hydrogen (secondary N) is 1. The molecule has 1 N–H and O–H groups in total. The minimum absolute atomic E-state index is 0.0620. The zero-order valence-corrected chi connectivity index (χ0v) is 14.8. The molecular weight excluding hydrogens is 322 g/mol. The summed E-state index contributed by atoms with van der Waals surface area (Å²) in [4.78, 5) is 16.7. The molecule has 0 aromatic heterocycles. The molecule has 1 saturated heterocycles. The maximum Gasteiger partial charge on any atom is 0.321 e. The van der Waals surface area contributed by atoms with Gasteiger partial charge in [0, 0.05) is 42.1 Å². The Morgan fingerprint density at radius 3 is 2.58 bits per heavy atom. The van der Waals surface area contributed by atoms with Gasteiger partial charge >= 0.3 is 6.03 Å². The zero-order chi connectivity index (χ0) is 17.1. The molecule has 1 aliphatic heterocycles. The molecule has 24 heavy (non-hydrogen) atoms. The summed E-state index contributed by atoms with van der Waals surface area (Å²) in [5.41, 5.74) is 3.24. The Morgan fingerprint density at radius 1 is 1.17 bits per heavy atom. The number of carbonyl (C=O) groups excluding carboxylic acids is 1. The number of halogens is 1. The standard InChI is InChI=1S/C19H22ClN3O/c1-14-4-3-5-18(12-14)23-11-10-22(13-15(23)2)19(24)21-17-8-6-16(20)7-9-17/h3-9,12,15H,10-11,13H2,1-2H3,(H,21,24)/t15-/m1/s1. The van der Waals surface area contributed by atoms with Gasteiger partial charge in [-0.3, -0.25) is 0 Å². The van der Waals surface area contributed by atoms with Gasteiger partial charge in [0.15, 0.2) is 0 Å². The Bertz CT molecular complexity index is 717. The average molecular weight is 344 g/mol. The second kappa shape index (κ2) is 7.14. The van der Waals surface area contributed by atoms with Crippen molar-refractivity contribution in [3.63, 3.8) is 0 Å². The average Bonchev–Trinajstić information content (AvgIpc) is 2.57. The second-order valence-electron chi connectivity index (χ2n) is 6.26. The van der Waals surface area contributed by atoms with Crippen LogP contribution in [-0.2, 0) is 0 Å². The fourth-order valence-corrected chi connectivity index (χ4v) is 3.19. The van der Waals surface area contributed by atoms with E-state index in [1.807, 2.05) is 17.0 Å². The molecule has 1 aliphatic rings. The third-order valence-corrected chi connectivity index (χ3v) is 4.60. The molecule has 1 atom stereocenters. The molecule has 3 rings (SSSR count). The van der Waals surface area contributed by atoms with Gasteiger partial charge in [0.25, 0.3) is 0 Å². The van der Waals surface area contributed by atoms with Gasteiger partial charge in [-0.15, -0.1) is 0 Å². The largest absolute Gasteiger partial charge is 0.365 e. The molecule has 0 bridgehead atoms. The van der Waals surface area contributed by atoms with Crippen molar-refractivity contribution in [1.29, 1.82) is 0 Å². The topological polar surface area (TPSA) is 35.6 Å². The lowest BCUT2D eigenvalue weighted by atomic mass is 10.1. The van der Waals surface area contributed by atoms with E-state index < -0.39 is 0 Å². The van der Waals surface area contributed by atoms with Gasteiger partial charge in [0.05, 0.1) is 0 Å². The molecule has 5 heteroatoms. The van der Waals surface area contributed by atoms with Crippen molar-refractivity contribution in [1.82, 2.24) is 4.90 Å². The quantitative estimate of drug-likeness (QED) is 0.877. The van der Waals surface area contributed by atoms with Crippen molar-refractivity contribution in [2.45, 2.75) is 19.9 Å². The normalized spacial score (nSPS) is 17.7. The van der Waals surface area contributed by atoms with Crippen LogP contribution in [0.2, 0.25) is 5.02 Å². The number of urea groups is 1. The van der Waals surface area contributed by atoms with Crippen molar-refractivity contribution < 1.29 is 4.79 Å². The van der Waals surface area contributed by atoms with Gasteiger partial charge in [-0.25, -0.2) is 4.79 Å². The van der Waals surface area contributed by atoms with Crippen molar-refractivity contribution in [2.24, 2.45) is 0 Å². The van der Waals surface area contributed by atoms with E-state index in [9.17, 15) is 4.79 Å². The van der Waals surface area contributed by atoms with Crippen LogP contribution in [0, 0.1) is 6.92 Å². The summed E-state index contributed by atoms with van der Waals surface area (Å²) in [6.07, 6.45) is 0. The van der Waals surface area contributed by atoms with Crippen LogP contribution in [0.1, 0.15) is 12.5 Å². The predicted molar refractivity (Wildman–Crippen MR) is 100 cm³/mol. The minimum atomic E-state index is -0.0620. The first-order valence-electron chi connectivity index (χ1n) is 8.18. The number of aryl methyl sites for hydroxylation is 1. The number of hydrogen-bond donors (Lipinski definition) is 1. The van der Waals surface area contributed by atoms with Gasteiger partial charge in [0.1, 0.15) is 0 Å². The van der Waals surface area contributed by atoms with E-state index in [-0.39, 0.29) is 12.1 Å². The highest BCUT2D eigenvalue weighted by molar-refractivity contribution is 6.30. The number of benzene rings is 2. The molecule has 1 heterocycles. The second-order valence-corrected chi connectivity index (χ2v) is 6.70. The summed E-state index contributed by atoms with van der Waals surface area (Å²) in [6, 6.07) is 15.9. The number of rotatable bonds is 2. The van der Waals surface area contributed by atoms with Gasteiger partial charge in [0.2, 0.25) is 0 Å². The van der Waals surface area contributed by atoms with E-state index in [2.05, 4.69) is 48.3 Å². The van der Waals surface area contributed by atoms with E-state index in [1.54, 1.807) is 12.1 Å². The molecular formula is C19H22ClN3O. The maximum absolute atomic E-state index is 12.5. The molecule has 4 nitrogen and oxygen atoms in total. The predicted octanol–water partition coefficient (Wildman–Crippen LogP) is 4.39. The number of nitrogens with zero attached hydrogens (tertiary/aromatic N) is 2. The summed E-state index contributed by atoms with van der Waals surface area (Å²) in [5.74, 6) is 0. The van der Waals surface area contributed by atoms with Crippen molar-refractivity contribution in [2.75, 3.05) is 29.9 Å². The summed E-state index contributed by atoms with van der Waals surface area (Å²) in [6.45, 7) is 6.50. The fraction of sp³-hybridized carbons (Fsp3) is 0.316. The van der Waals surface area contributed by atoms with Crippen molar-refractivity contribution in [3.05, 3.63) is 59.1 Å². The third-order valence-electron chi connectivity index (χ3n) is 4.34. The highest BCUT2D eigenvalue weighted by atomic mass is 35.5. The Morgan fingerprint density at radius 2 is 1.92 bits per heavy atom. The van der Waals surface area contributed by atoms with Crippen LogP contribution in [0.25, 0.3) is 0 Å². The highest BCUT2D eigenvalue weighted by Crippen LogP contribution is 2.22. The summed E-state index contributed by atoms with van der Waals surface area (Å²) < 4.78 is 0. The van der Waals surface area contributed by atoms with E-state index >= 15 is 0 Å². The van der Waals surface area contributed by atoms with Crippen LogP contribution in [-0.4, -0.2) is 36.6 Å². The van der Waals surface area contributed by atoms with Crippen molar-refractivity contribution >= 4 is 29.0 Å². The Kier molecular flexibility index (Phi) is 4.95. The maximum atomic E-state index is 12.5. The van der Waals surface area contributed by atoms with Gasteiger partial charge in [-0.1, -0.05) is 23.7 Å². The lowest BCUT2D eigenvalue weighted by Crippen LogP contribution is -2.54. The smallest absolute Gasteiger partial charge is 0.321 e. The molecule has 1 fully saturated rings. The Balaban J connectivity index is 1.62. The van der Waals surface area contributed by atoms with Gasteiger partial charge in [-0.05, 0) is 55.8 Å². The summed E-state index contributed by atoms with van der Waals surface area (Å²) in [7, 11) is 0. The lowest BCUT2D eigenvalue weighted by molar-refractivity contribution is 0.200. The van der Waals surface area contributed by atoms with Crippen LogP contribution in [0.5, 0.6) is 0 Å². The Hall–Kier alpha value is -2.20. The fourth-order valence-electron chi connectivity index (χ4n) is 3.07. The first-order chi connectivity index (χ1) is 11.5. The summed E-state index contributed by atoms with van der Waals surface area (Å²) in [5, 5.41) is 3.59. The monoisotopic (exact) mass is 343 g/mol. The number of hydrogen-bond acceptors (Lipinski definition) is 2. The molecule has 2 amide bonds. The molecule has 0 saturated carbocycles. The van der Waals surface area contributed by atoms with Crippen LogP contribution in [0.3, 0.4) is 0 Å². The molecule has 0 unspecified atom stereocenters. The van der Waals surface area contributed by atoms with E-state index in [1.165, 1.54) is 11.3 Å². The van der Waals surface area contributed by atoms with Crippen LogP contribution >= 0.6 is 11.6 Å². The highest BCUT2D eigenvalue weighted by Gasteiger charge is 2.26. The molecule has 126 valence electrons. The SMILES string of the molecule is Cc1cccc(N2CCN(C(=O)Nc3ccc(Cl)cc3)C[C@H]2C)c1. The number of amides is 2. The van der Waals surface area contributed by atoms with Crippen LogP contribution in [0.4, 0.5) is 16.2 Å². The van der Waals surface area contributed by atoms with E-state index in [4.69, 9.17) is 11.6 Å². The lowest BCUT2D eigenvalue weighted by Gasteiger charge is -2.41. The third kappa shape index (κ3) is 3.82. The molecule has 2 aromatic rings. The first-order valence-corrected chi connectivity index (χ1v) is 8.55. The minimum Gasteiger partial charge on any atom is -0.365 e. The molecule has 0 spiro atoms. The van der Waals surface area contributed by atoms with E-state index in [0.29, 0.717) is 18.1 Å². The van der Waals surface area contributed by atoms with Crippen LogP contribution < -0.4 is 10.2 Å². The molecule has 0 radical (unpaired) electrons. The van der Waals surface area contributed by atoms with Gasteiger partial charge in [-0.2, -0.15) is 0 Å². The number of piperazine rings is 1. The summed E-state index contributed by atoms with van der Waals surface area (Å²) >= 11 is 5.87. The van der Waals surface area contributed by atoms with Gasteiger partial charge < -0.3 is 15.1 Å². The zero-order valence-electron chi connectivity index (χ0n) is 14.0. The number of anilines is 2. The first kappa shape index (κ1) is 16.7. The van der Waals surface area contributed by atoms with Crippen LogP contribution in [0.15, 0.2) is 48.5 Å². The Labute approximate surface area is 148 Å². The van der Waals surface area contributed by atoms with Crippen molar-refractivity contribution in [3.8, 4) is 0 Å². The number of carbonyl (C=O) groups is 1. The molecule has 2 aromatic carbocycles.